The zero-order valence-electron chi connectivity index (χ0n) is 11.7. The van der Waals surface area contributed by atoms with Crippen LogP contribution >= 0.6 is 0 Å². The Labute approximate surface area is 96.2 Å². The molecule has 0 aromatic heterocycles. The monoisotopic (exact) mass is 214 g/mol. The summed E-state index contributed by atoms with van der Waals surface area (Å²) >= 11 is 0. The van der Waals surface area contributed by atoms with Crippen molar-refractivity contribution >= 4 is 0 Å². The second-order valence-electron chi connectivity index (χ2n) is 5.90. The van der Waals surface area contributed by atoms with Crippen LogP contribution in [0.2, 0.25) is 0 Å². The molecular weight excluding hydrogens is 184 g/mol. The van der Waals surface area contributed by atoms with Gasteiger partial charge in [0.1, 0.15) is 0 Å². The van der Waals surface area contributed by atoms with Crippen LogP contribution in [0.25, 0.3) is 0 Å². The van der Waals surface area contributed by atoms with Crippen LogP contribution in [-0.2, 0) is 0 Å². The standard InChI is InChI=1S/C13H30N2/c1-8-10(2)12(9-14)15(7)11(3)13(4,5)6/h10-12H,8-9,14H2,1-7H3. The van der Waals surface area contributed by atoms with Gasteiger partial charge in [-0.15, -0.1) is 0 Å². The molecule has 0 aliphatic rings. The third-order valence-corrected chi connectivity index (χ3v) is 3.93. The van der Waals surface area contributed by atoms with Gasteiger partial charge in [0.2, 0.25) is 0 Å². The number of nitrogens with two attached hydrogens (primary N) is 1. The summed E-state index contributed by atoms with van der Waals surface area (Å²) in [6.07, 6.45) is 1.20. The van der Waals surface area contributed by atoms with Crippen LogP contribution < -0.4 is 5.73 Å². The molecule has 2 nitrogen and oxygen atoms in total. The summed E-state index contributed by atoms with van der Waals surface area (Å²) in [7, 11) is 2.21. The molecule has 0 aliphatic heterocycles. The minimum atomic E-state index is 0.315. The first-order valence-electron chi connectivity index (χ1n) is 6.17. The third-order valence-electron chi connectivity index (χ3n) is 3.93. The predicted molar refractivity (Wildman–Crippen MR) is 69.0 cm³/mol. The van der Waals surface area contributed by atoms with E-state index in [0.717, 1.165) is 6.54 Å². The summed E-state index contributed by atoms with van der Waals surface area (Å²) < 4.78 is 0. The van der Waals surface area contributed by atoms with Gasteiger partial charge in [0, 0.05) is 18.6 Å². The Bertz CT molecular complexity index is 172. The molecular formula is C13H30N2. The Balaban J connectivity index is 4.58. The molecule has 0 aromatic carbocycles. The van der Waals surface area contributed by atoms with Crippen molar-refractivity contribution < 1.29 is 0 Å². The SMILES string of the molecule is CCC(C)C(CN)N(C)C(C)C(C)(C)C. The van der Waals surface area contributed by atoms with Crippen molar-refractivity contribution in [2.45, 2.75) is 60.0 Å². The van der Waals surface area contributed by atoms with Crippen LogP contribution in [0.1, 0.15) is 48.0 Å². The maximum absolute atomic E-state index is 5.89. The average molecular weight is 214 g/mol. The van der Waals surface area contributed by atoms with Crippen LogP contribution in [0.5, 0.6) is 0 Å². The van der Waals surface area contributed by atoms with Crippen LogP contribution in [-0.4, -0.2) is 30.6 Å². The first-order chi connectivity index (χ1) is 6.75. The Hall–Kier alpha value is -0.0800. The second-order valence-corrected chi connectivity index (χ2v) is 5.90. The minimum Gasteiger partial charge on any atom is -0.329 e. The highest BCUT2D eigenvalue weighted by molar-refractivity contribution is 4.84. The fourth-order valence-electron chi connectivity index (χ4n) is 1.97. The second kappa shape index (κ2) is 5.86. The number of nitrogens with zero attached hydrogens (tertiary/aromatic N) is 1. The number of likely N-dealkylation sites (N-methyl/N-ethyl adjacent to an activating group) is 1. The van der Waals surface area contributed by atoms with Gasteiger partial charge in [-0.05, 0) is 25.3 Å². The molecule has 0 aromatic rings. The molecule has 0 saturated carbocycles. The highest BCUT2D eigenvalue weighted by atomic mass is 15.2. The number of rotatable bonds is 5. The summed E-state index contributed by atoms with van der Waals surface area (Å²) in [5.74, 6) is 0.671. The van der Waals surface area contributed by atoms with Gasteiger partial charge in [-0.1, -0.05) is 41.0 Å². The van der Waals surface area contributed by atoms with Crippen LogP contribution in [0, 0.1) is 11.3 Å². The topological polar surface area (TPSA) is 29.3 Å². The molecule has 2 N–H and O–H groups in total. The molecule has 0 heterocycles. The van der Waals surface area contributed by atoms with E-state index in [9.17, 15) is 0 Å². The van der Waals surface area contributed by atoms with Crippen molar-refractivity contribution in [3.05, 3.63) is 0 Å². The molecule has 15 heavy (non-hydrogen) atoms. The first-order valence-corrected chi connectivity index (χ1v) is 6.17. The van der Waals surface area contributed by atoms with E-state index < -0.39 is 0 Å². The van der Waals surface area contributed by atoms with E-state index in [2.05, 4.69) is 53.5 Å². The maximum atomic E-state index is 5.89. The smallest absolute Gasteiger partial charge is 0.0243 e. The van der Waals surface area contributed by atoms with Gasteiger partial charge in [0.25, 0.3) is 0 Å². The third kappa shape index (κ3) is 4.12. The summed E-state index contributed by atoms with van der Waals surface area (Å²) in [6, 6.07) is 1.06. The van der Waals surface area contributed by atoms with Crippen LogP contribution in [0.4, 0.5) is 0 Å². The van der Waals surface area contributed by atoms with Gasteiger partial charge in [0.15, 0.2) is 0 Å². The molecule has 0 saturated heterocycles. The number of hydrogen-bond donors (Lipinski definition) is 1. The molecule has 0 spiro atoms. The molecule has 3 unspecified atom stereocenters. The van der Waals surface area contributed by atoms with Crippen molar-refractivity contribution in [1.82, 2.24) is 4.90 Å². The van der Waals surface area contributed by atoms with Crippen LogP contribution in [0.3, 0.4) is 0 Å². The Morgan fingerprint density at radius 2 is 1.67 bits per heavy atom. The Morgan fingerprint density at radius 3 is 1.93 bits per heavy atom. The van der Waals surface area contributed by atoms with Crippen molar-refractivity contribution in [1.29, 1.82) is 0 Å². The highest BCUT2D eigenvalue weighted by Gasteiger charge is 2.29. The fraction of sp³-hybridized carbons (Fsp3) is 1.00. The van der Waals surface area contributed by atoms with E-state index in [-0.39, 0.29) is 0 Å². The van der Waals surface area contributed by atoms with Crippen molar-refractivity contribution in [2.75, 3.05) is 13.6 Å². The molecule has 0 rings (SSSR count). The lowest BCUT2D eigenvalue weighted by Crippen LogP contribution is -2.50. The zero-order valence-corrected chi connectivity index (χ0v) is 11.7. The molecule has 0 radical (unpaired) electrons. The zero-order chi connectivity index (χ0) is 12.2. The molecule has 0 amide bonds. The largest absolute Gasteiger partial charge is 0.329 e. The van der Waals surface area contributed by atoms with E-state index in [4.69, 9.17) is 5.73 Å². The lowest BCUT2D eigenvalue weighted by Gasteiger charge is -2.42. The predicted octanol–water partition coefficient (Wildman–Crippen LogP) is 2.73. The van der Waals surface area contributed by atoms with Crippen molar-refractivity contribution in [2.24, 2.45) is 17.1 Å². The van der Waals surface area contributed by atoms with Gasteiger partial charge in [-0.2, -0.15) is 0 Å². The molecule has 0 aliphatic carbocycles. The summed E-state index contributed by atoms with van der Waals surface area (Å²) in [5, 5.41) is 0. The molecule has 92 valence electrons. The molecule has 0 bridgehead atoms. The average Bonchev–Trinajstić information content (AvgIpc) is 2.15. The van der Waals surface area contributed by atoms with Gasteiger partial charge in [0.05, 0.1) is 0 Å². The summed E-state index contributed by atoms with van der Waals surface area (Å²) in [5.41, 5.74) is 6.20. The lowest BCUT2D eigenvalue weighted by atomic mass is 9.85. The van der Waals surface area contributed by atoms with Gasteiger partial charge in [-0.25, -0.2) is 0 Å². The van der Waals surface area contributed by atoms with Gasteiger partial charge < -0.3 is 5.73 Å². The molecule has 2 heteroatoms. The Morgan fingerprint density at radius 1 is 1.20 bits per heavy atom. The quantitative estimate of drug-likeness (QED) is 0.762. The van der Waals surface area contributed by atoms with E-state index in [1.54, 1.807) is 0 Å². The van der Waals surface area contributed by atoms with Gasteiger partial charge in [-0.3, -0.25) is 4.90 Å². The first kappa shape index (κ1) is 14.9. The molecule has 3 atom stereocenters. The van der Waals surface area contributed by atoms with Gasteiger partial charge >= 0.3 is 0 Å². The highest BCUT2D eigenvalue weighted by Crippen LogP contribution is 2.26. The van der Waals surface area contributed by atoms with Crippen LogP contribution in [0.15, 0.2) is 0 Å². The summed E-state index contributed by atoms with van der Waals surface area (Å²) in [6.45, 7) is 14.5. The van der Waals surface area contributed by atoms with E-state index in [0.29, 0.717) is 23.4 Å². The normalized spacial score (nSPS) is 19.0. The lowest BCUT2D eigenvalue weighted by molar-refractivity contribution is 0.0739. The molecule has 0 fully saturated rings. The van der Waals surface area contributed by atoms with Crippen molar-refractivity contribution in [3.63, 3.8) is 0 Å². The van der Waals surface area contributed by atoms with E-state index in [1.165, 1.54) is 6.42 Å². The van der Waals surface area contributed by atoms with E-state index in [1.807, 2.05) is 0 Å². The fourth-order valence-corrected chi connectivity index (χ4v) is 1.97. The minimum absolute atomic E-state index is 0.315. The Kier molecular flexibility index (Phi) is 5.82. The van der Waals surface area contributed by atoms with E-state index >= 15 is 0 Å². The maximum Gasteiger partial charge on any atom is 0.0243 e. The summed E-state index contributed by atoms with van der Waals surface area (Å²) in [4.78, 5) is 2.45. The number of hydrogen-bond acceptors (Lipinski definition) is 2. The van der Waals surface area contributed by atoms with Crippen molar-refractivity contribution in [3.8, 4) is 0 Å².